The number of hydrogen-bond acceptors (Lipinski definition) is 2. The summed E-state index contributed by atoms with van der Waals surface area (Å²) in [6, 6.07) is 6.66. The Labute approximate surface area is 137 Å². The van der Waals surface area contributed by atoms with Crippen LogP contribution in [0.5, 0.6) is 0 Å². The van der Waals surface area contributed by atoms with Crippen LogP contribution in [0.2, 0.25) is 5.02 Å². The first-order chi connectivity index (χ1) is 10.1. The molecule has 114 valence electrons. The molecule has 0 radical (unpaired) electrons. The number of nitrogens with one attached hydrogen (secondary N) is 1. The Hall–Kier alpha value is -0.840. The Bertz CT molecular complexity index is 591. The van der Waals surface area contributed by atoms with Gasteiger partial charge in [0.25, 0.3) is 0 Å². The molecule has 0 fully saturated rings. The van der Waals surface area contributed by atoms with Crippen molar-refractivity contribution < 1.29 is 8.81 Å². The van der Waals surface area contributed by atoms with E-state index in [0.29, 0.717) is 20.8 Å². The molecule has 0 aliphatic carbocycles. The van der Waals surface area contributed by atoms with E-state index < -0.39 is 0 Å². The second-order valence-electron chi connectivity index (χ2n) is 4.86. The van der Waals surface area contributed by atoms with Crippen molar-refractivity contribution in [1.29, 1.82) is 0 Å². The van der Waals surface area contributed by atoms with Gasteiger partial charge in [0.05, 0.1) is 16.6 Å². The van der Waals surface area contributed by atoms with E-state index in [0.717, 1.165) is 25.1 Å². The first-order valence-corrected chi connectivity index (χ1v) is 8.21. The van der Waals surface area contributed by atoms with Crippen molar-refractivity contribution in [3.8, 4) is 11.3 Å². The predicted octanol–water partition coefficient (Wildman–Crippen LogP) is 5.95. The average Bonchev–Trinajstić information content (AvgIpc) is 2.88. The predicted molar refractivity (Wildman–Crippen MR) is 88.1 cm³/mol. The molecule has 2 aromatic rings. The van der Waals surface area contributed by atoms with Gasteiger partial charge in [-0.2, -0.15) is 0 Å². The molecule has 0 aliphatic heterocycles. The van der Waals surface area contributed by atoms with Crippen LogP contribution < -0.4 is 5.32 Å². The Kier molecular flexibility index (Phi) is 5.85. The number of halogens is 3. The van der Waals surface area contributed by atoms with E-state index in [9.17, 15) is 4.39 Å². The number of furan rings is 1. The fraction of sp³-hybridized carbons (Fsp3) is 0.375. The van der Waals surface area contributed by atoms with E-state index in [1.807, 2.05) is 12.1 Å². The van der Waals surface area contributed by atoms with Gasteiger partial charge in [-0.1, -0.05) is 25.4 Å². The molecule has 1 aromatic heterocycles. The molecule has 0 aliphatic rings. The third-order valence-corrected chi connectivity index (χ3v) is 4.20. The highest BCUT2D eigenvalue weighted by atomic mass is 79.9. The monoisotopic (exact) mass is 373 g/mol. The van der Waals surface area contributed by atoms with E-state index in [4.69, 9.17) is 16.0 Å². The Morgan fingerprint density at radius 2 is 2.10 bits per heavy atom. The summed E-state index contributed by atoms with van der Waals surface area (Å²) in [5.74, 6) is 1.13. The number of rotatable bonds is 6. The van der Waals surface area contributed by atoms with Crippen molar-refractivity contribution in [2.45, 2.75) is 32.7 Å². The van der Waals surface area contributed by atoms with E-state index in [1.54, 1.807) is 0 Å². The lowest BCUT2D eigenvalue weighted by Gasteiger charge is -2.13. The van der Waals surface area contributed by atoms with Crippen molar-refractivity contribution in [1.82, 2.24) is 5.32 Å². The highest BCUT2D eigenvalue weighted by Gasteiger charge is 2.17. The van der Waals surface area contributed by atoms with E-state index >= 15 is 0 Å². The van der Waals surface area contributed by atoms with Crippen molar-refractivity contribution in [3.05, 3.63) is 45.3 Å². The molecule has 5 heteroatoms. The lowest BCUT2D eigenvalue weighted by Crippen LogP contribution is -2.20. The van der Waals surface area contributed by atoms with Crippen LogP contribution in [0, 0.1) is 5.82 Å². The molecule has 0 amide bonds. The summed E-state index contributed by atoms with van der Waals surface area (Å²) in [6.07, 6.45) is 2.00. The molecule has 0 bridgehead atoms. The maximum Gasteiger partial charge on any atom is 0.137 e. The van der Waals surface area contributed by atoms with Crippen molar-refractivity contribution in [3.63, 3.8) is 0 Å². The fourth-order valence-corrected chi connectivity index (χ4v) is 3.26. The molecule has 0 spiro atoms. The van der Waals surface area contributed by atoms with Crippen LogP contribution in [0.15, 0.2) is 33.2 Å². The van der Waals surface area contributed by atoms with Gasteiger partial charge in [-0.3, -0.25) is 0 Å². The molecule has 2 nitrogen and oxygen atoms in total. The second kappa shape index (κ2) is 7.43. The van der Waals surface area contributed by atoms with Crippen LogP contribution in [-0.2, 0) is 0 Å². The molecular weight excluding hydrogens is 357 g/mol. The number of hydrogen-bond donors (Lipinski definition) is 1. The molecule has 21 heavy (non-hydrogen) atoms. The van der Waals surface area contributed by atoms with Crippen LogP contribution in [0.4, 0.5) is 4.39 Å². The summed E-state index contributed by atoms with van der Waals surface area (Å²) in [4.78, 5) is 0. The molecule has 0 saturated carbocycles. The third-order valence-electron chi connectivity index (χ3n) is 3.27. The number of benzene rings is 1. The Morgan fingerprint density at radius 3 is 2.71 bits per heavy atom. The van der Waals surface area contributed by atoms with Gasteiger partial charge in [-0.15, -0.1) is 0 Å². The Balaban J connectivity index is 2.31. The van der Waals surface area contributed by atoms with Gasteiger partial charge in [-0.25, -0.2) is 4.39 Å². The lowest BCUT2D eigenvalue weighted by molar-refractivity contribution is 0.411. The minimum Gasteiger partial charge on any atom is -0.459 e. The minimum atomic E-state index is -0.376. The highest BCUT2D eigenvalue weighted by Crippen LogP contribution is 2.37. The van der Waals surface area contributed by atoms with Crippen molar-refractivity contribution in [2.75, 3.05) is 6.54 Å². The zero-order valence-electron chi connectivity index (χ0n) is 12.1. The summed E-state index contributed by atoms with van der Waals surface area (Å²) in [7, 11) is 0. The highest BCUT2D eigenvalue weighted by molar-refractivity contribution is 9.10. The molecular formula is C16H18BrClFNO. The van der Waals surface area contributed by atoms with E-state index in [2.05, 4.69) is 35.1 Å². The maximum atomic E-state index is 13.3. The summed E-state index contributed by atoms with van der Waals surface area (Å²) in [5.41, 5.74) is 0.676. The first-order valence-electron chi connectivity index (χ1n) is 7.04. The van der Waals surface area contributed by atoms with Gasteiger partial charge in [0.2, 0.25) is 0 Å². The lowest BCUT2D eigenvalue weighted by atomic mass is 10.1. The molecule has 2 rings (SSSR count). The normalized spacial score (nSPS) is 12.6. The smallest absolute Gasteiger partial charge is 0.137 e. The quantitative estimate of drug-likeness (QED) is 0.675. The zero-order valence-corrected chi connectivity index (χ0v) is 14.4. The molecule has 1 N–H and O–H groups in total. The van der Waals surface area contributed by atoms with Gasteiger partial charge in [0.1, 0.15) is 17.3 Å². The van der Waals surface area contributed by atoms with Gasteiger partial charge in [0, 0.05) is 4.47 Å². The Morgan fingerprint density at radius 1 is 1.33 bits per heavy atom. The van der Waals surface area contributed by atoms with Gasteiger partial charge >= 0.3 is 0 Å². The molecule has 1 unspecified atom stereocenters. The van der Waals surface area contributed by atoms with Crippen LogP contribution in [0.3, 0.4) is 0 Å². The SMILES string of the molecule is CCCNC(CC)c1ccc(-c2c(Cl)cc(F)cc2Br)o1. The van der Waals surface area contributed by atoms with E-state index in [1.165, 1.54) is 12.1 Å². The van der Waals surface area contributed by atoms with Crippen molar-refractivity contribution in [2.24, 2.45) is 0 Å². The van der Waals surface area contributed by atoms with Gasteiger partial charge < -0.3 is 9.73 Å². The molecule has 1 aromatic carbocycles. The van der Waals surface area contributed by atoms with Crippen LogP contribution in [0.25, 0.3) is 11.3 Å². The van der Waals surface area contributed by atoms with Crippen LogP contribution in [-0.4, -0.2) is 6.54 Å². The molecule has 0 saturated heterocycles. The fourth-order valence-electron chi connectivity index (χ4n) is 2.22. The van der Waals surface area contributed by atoms with Crippen LogP contribution in [0.1, 0.15) is 38.5 Å². The van der Waals surface area contributed by atoms with Crippen molar-refractivity contribution >= 4 is 27.5 Å². The van der Waals surface area contributed by atoms with Gasteiger partial charge in [0.15, 0.2) is 0 Å². The first kappa shape index (κ1) is 16.5. The third kappa shape index (κ3) is 3.87. The molecule has 1 heterocycles. The summed E-state index contributed by atoms with van der Waals surface area (Å²) < 4.78 is 19.8. The molecule has 1 atom stereocenters. The summed E-state index contributed by atoms with van der Waals surface area (Å²) >= 11 is 9.47. The van der Waals surface area contributed by atoms with Crippen LogP contribution >= 0.6 is 27.5 Å². The largest absolute Gasteiger partial charge is 0.459 e. The zero-order chi connectivity index (χ0) is 15.4. The summed E-state index contributed by atoms with van der Waals surface area (Å²) in [5, 5.41) is 3.77. The standard InChI is InChI=1S/C16H18BrClFNO/c1-3-7-20-13(4-2)14-5-6-15(21-14)16-11(17)8-10(19)9-12(16)18/h5-6,8-9,13,20H,3-4,7H2,1-2H3. The summed E-state index contributed by atoms with van der Waals surface area (Å²) in [6.45, 7) is 5.18. The minimum absolute atomic E-state index is 0.177. The maximum absolute atomic E-state index is 13.3. The second-order valence-corrected chi connectivity index (χ2v) is 6.12. The topological polar surface area (TPSA) is 25.2 Å². The van der Waals surface area contributed by atoms with E-state index in [-0.39, 0.29) is 11.9 Å². The average molecular weight is 375 g/mol. The van der Waals surface area contributed by atoms with Gasteiger partial charge in [-0.05, 0) is 59.6 Å².